The highest BCUT2D eigenvalue weighted by Crippen LogP contribution is 2.38. The van der Waals surface area contributed by atoms with E-state index in [9.17, 15) is 9.59 Å². The maximum Gasteiger partial charge on any atom is 0.262 e. The van der Waals surface area contributed by atoms with Crippen molar-refractivity contribution in [2.75, 3.05) is 17.2 Å². The third-order valence-electron chi connectivity index (χ3n) is 4.86. The molecule has 0 saturated heterocycles. The van der Waals surface area contributed by atoms with Crippen molar-refractivity contribution < 1.29 is 14.3 Å². The maximum atomic E-state index is 12.3. The molecule has 0 spiro atoms. The summed E-state index contributed by atoms with van der Waals surface area (Å²) < 4.78 is 5.83. The molecule has 2 N–H and O–H groups in total. The van der Waals surface area contributed by atoms with Gasteiger partial charge in [0.25, 0.3) is 5.91 Å². The van der Waals surface area contributed by atoms with Crippen LogP contribution < -0.4 is 15.4 Å². The molecule has 28 heavy (non-hydrogen) atoms. The molecule has 148 valence electrons. The minimum absolute atomic E-state index is 0.0746. The van der Waals surface area contributed by atoms with E-state index in [-0.39, 0.29) is 18.4 Å². The fraction of sp³-hybridized carbons (Fsp3) is 0.364. The van der Waals surface area contributed by atoms with Crippen LogP contribution in [0, 0.1) is 0 Å². The minimum atomic E-state index is -0.239. The summed E-state index contributed by atoms with van der Waals surface area (Å²) in [6, 6.07) is 12.5. The summed E-state index contributed by atoms with van der Waals surface area (Å²) in [5.41, 5.74) is 2.42. The molecule has 0 radical (unpaired) electrons. The fourth-order valence-electron chi connectivity index (χ4n) is 3.56. The number of benzene rings is 2. The lowest BCUT2D eigenvalue weighted by atomic mass is 9.84. The van der Waals surface area contributed by atoms with Gasteiger partial charge in [0.15, 0.2) is 6.61 Å². The van der Waals surface area contributed by atoms with E-state index in [0.29, 0.717) is 22.3 Å². The molecule has 5 nitrogen and oxygen atoms in total. The number of hydrogen-bond donors (Lipinski definition) is 2. The van der Waals surface area contributed by atoms with Crippen LogP contribution in [0.5, 0.6) is 5.75 Å². The Morgan fingerprint density at radius 3 is 2.29 bits per heavy atom. The molecule has 1 aliphatic rings. The van der Waals surface area contributed by atoms with Crippen molar-refractivity contribution in [3.8, 4) is 5.75 Å². The summed E-state index contributed by atoms with van der Waals surface area (Å²) in [5, 5.41) is 6.18. The van der Waals surface area contributed by atoms with Gasteiger partial charge in [0, 0.05) is 23.3 Å². The first-order valence-electron chi connectivity index (χ1n) is 9.61. The van der Waals surface area contributed by atoms with Gasteiger partial charge in [0.2, 0.25) is 5.91 Å². The highest BCUT2D eigenvalue weighted by molar-refractivity contribution is 6.30. The molecule has 2 aromatic carbocycles. The lowest BCUT2D eigenvalue weighted by molar-refractivity contribution is -0.118. The number of hydrogen-bond acceptors (Lipinski definition) is 3. The number of carbonyl (C=O) groups is 2. The standard InChI is InChI=1S/C22H25ClN2O3/c1-15(26)24-18-8-10-19(11-9-18)25-22(27)14-28-21-12-7-17(23)13-20(21)16-5-3-2-4-6-16/h7-13,16H,2-6,14H2,1H3,(H,24,26)(H,25,27). The fourth-order valence-corrected chi connectivity index (χ4v) is 3.74. The molecule has 0 unspecified atom stereocenters. The van der Waals surface area contributed by atoms with E-state index < -0.39 is 0 Å². The average molecular weight is 401 g/mol. The van der Waals surface area contributed by atoms with Gasteiger partial charge < -0.3 is 15.4 Å². The van der Waals surface area contributed by atoms with Gasteiger partial charge in [-0.15, -0.1) is 0 Å². The molecule has 1 aliphatic carbocycles. The Balaban J connectivity index is 1.59. The molecule has 0 aliphatic heterocycles. The SMILES string of the molecule is CC(=O)Nc1ccc(NC(=O)COc2ccc(Cl)cc2C2CCCCC2)cc1. The Morgan fingerprint density at radius 2 is 1.64 bits per heavy atom. The molecule has 0 atom stereocenters. The van der Waals surface area contributed by atoms with Gasteiger partial charge in [-0.2, -0.15) is 0 Å². The van der Waals surface area contributed by atoms with Crippen LogP contribution >= 0.6 is 11.6 Å². The number of amides is 2. The van der Waals surface area contributed by atoms with Crippen molar-refractivity contribution in [2.45, 2.75) is 44.9 Å². The van der Waals surface area contributed by atoms with E-state index in [1.54, 1.807) is 30.3 Å². The van der Waals surface area contributed by atoms with Crippen molar-refractivity contribution in [3.05, 3.63) is 53.1 Å². The van der Waals surface area contributed by atoms with Crippen LogP contribution in [0.1, 0.15) is 50.5 Å². The zero-order valence-corrected chi connectivity index (χ0v) is 16.7. The number of nitrogens with one attached hydrogen (secondary N) is 2. The maximum absolute atomic E-state index is 12.3. The van der Waals surface area contributed by atoms with E-state index in [0.717, 1.165) is 24.2 Å². The number of halogens is 1. The van der Waals surface area contributed by atoms with E-state index in [1.165, 1.54) is 26.2 Å². The van der Waals surface area contributed by atoms with E-state index >= 15 is 0 Å². The van der Waals surface area contributed by atoms with E-state index in [4.69, 9.17) is 16.3 Å². The molecule has 2 amide bonds. The van der Waals surface area contributed by atoms with Crippen LogP contribution in [0.25, 0.3) is 0 Å². The minimum Gasteiger partial charge on any atom is -0.483 e. The Kier molecular flexibility index (Phi) is 6.93. The molecule has 0 heterocycles. The van der Waals surface area contributed by atoms with Crippen molar-refractivity contribution >= 4 is 34.8 Å². The largest absolute Gasteiger partial charge is 0.483 e. The summed E-state index contributed by atoms with van der Waals surface area (Å²) in [7, 11) is 0. The van der Waals surface area contributed by atoms with Crippen LogP contribution in [0.4, 0.5) is 11.4 Å². The molecule has 1 fully saturated rings. The summed E-state index contributed by atoms with van der Waals surface area (Å²) in [4.78, 5) is 23.3. The van der Waals surface area contributed by atoms with Gasteiger partial charge in [-0.1, -0.05) is 30.9 Å². The summed E-state index contributed by atoms with van der Waals surface area (Å²) in [6.07, 6.45) is 5.96. The highest BCUT2D eigenvalue weighted by Gasteiger charge is 2.20. The lowest BCUT2D eigenvalue weighted by Gasteiger charge is -2.24. The normalized spacial score (nSPS) is 14.4. The first-order chi connectivity index (χ1) is 13.5. The molecule has 2 aromatic rings. The molecular formula is C22H25ClN2O3. The number of rotatable bonds is 6. The van der Waals surface area contributed by atoms with Crippen molar-refractivity contribution in [1.82, 2.24) is 0 Å². The van der Waals surface area contributed by atoms with Gasteiger partial charge in [-0.3, -0.25) is 9.59 Å². The van der Waals surface area contributed by atoms with Crippen LogP contribution in [-0.4, -0.2) is 18.4 Å². The lowest BCUT2D eigenvalue weighted by Crippen LogP contribution is -2.21. The monoisotopic (exact) mass is 400 g/mol. The van der Waals surface area contributed by atoms with E-state index in [2.05, 4.69) is 10.6 Å². The Bertz CT molecular complexity index is 830. The zero-order valence-electron chi connectivity index (χ0n) is 16.0. The number of anilines is 2. The van der Waals surface area contributed by atoms with Crippen molar-refractivity contribution in [2.24, 2.45) is 0 Å². The molecular weight excluding hydrogens is 376 g/mol. The summed E-state index contributed by atoms with van der Waals surface area (Å²) in [6.45, 7) is 1.38. The van der Waals surface area contributed by atoms with Crippen LogP contribution in [-0.2, 0) is 9.59 Å². The smallest absolute Gasteiger partial charge is 0.262 e. The predicted octanol–water partition coefficient (Wildman–Crippen LogP) is 5.36. The summed E-state index contributed by atoms with van der Waals surface area (Å²) in [5.74, 6) is 0.790. The highest BCUT2D eigenvalue weighted by atomic mass is 35.5. The summed E-state index contributed by atoms with van der Waals surface area (Å²) >= 11 is 6.19. The second-order valence-electron chi connectivity index (χ2n) is 7.11. The first-order valence-corrected chi connectivity index (χ1v) is 9.99. The van der Waals surface area contributed by atoms with Crippen LogP contribution in [0.3, 0.4) is 0 Å². The number of ether oxygens (including phenoxy) is 1. The van der Waals surface area contributed by atoms with E-state index in [1.807, 2.05) is 12.1 Å². The number of carbonyl (C=O) groups excluding carboxylic acids is 2. The second kappa shape index (κ2) is 9.60. The predicted molar refractivity (Wildman–Crippen MR) is 112 cm³/mol. The molecule has 6 heteroatoms. The third-order valence-corrected chi connectivity index (χ3v) is 5.10. The average Bonchev–Trinajstić information content (AvgIpc) is 2.69. The van der Waals surface area contributed by atoms with Crippen LogP contribution in [0.15, 0.2) is 42.5 Å². The third kappa shape index (κ3) is 5.73. The Morgan fingerprint density at radius 1 is 1.00 bits per heavy atom. The van der Waals surface area contributed by atoms with Crippen LogP contribution in [0.2, 0.25) is 5.02 Å². The topological polar surface area (TPSA) is 67.4 Å². The van der Waals surface area contributed by atoms with Gasteiger partial charge in [-0.05, 0) is 66.8 Å². The second-order valence-corrected chi connectivity index (χ2v) is 7.55. The van der Waals surface area contributed by atoms with Gasteiger partial charge in [0.05, 0.1) is 0 Å². The quantitative estimate of drug-likeness (QED) is 0.685. The van der Waals surface area contributed by atoms with Gasteiger partial charge in [-0.25, -0.2) is 0 Å². The Labute approximate surface area is 170 Å². The molecule has 0 aromatic heterocycles. The van der Waals surface area contributed by atoms with Gasteiger partial charge in [0.1, 0.15) is 5.75 Å². The molecule has 3 rings (SSSR count). The Hall–Kier alpha value is -2.53. The first kappa shape index (κ1) is 20.2. The van der Waals surface area contributed by atoms with Gasteiger partial charge >= 0.3 is 0 Å². The zero-order chi connectivity index (χ0) is 19.9. The molecule has 1 saturated carbocycles. The van der Waals surface area contributed by atoms with Crippen molar-refractivity contribution in [3.63, 3.8) is 0 Å². The van der Waals surface area contributed by atoms with Crippen molar-refractivity contribution in [1.29, 1.82) is 0 Å². The molecule has 0 bridgehead atoms.